The van der Waals surface area contributed by atoms with Crippen LogP contribution in [0.1, 0.15) is 67.1 Å². The van der Waals surface area contributed by atoms with Gasteiger partial charge in [-0.05, 0) is 90.9 Å². The zero-order valence-electron chi connectivity index (χ0n) is 21.6. The monoisotopic (exact) mass is 483 g/mol. The Labute approximate surface area is 214 Å². The van der Waals surface area contributed by atoms with Gasteiger partial charge in [0.25, 0.3) is 5.91 Å². The Morgan fingerprint density at radius 3 is 2.58 bits per heavy atom. The Hall–Kier alpha value is -3.51. The van der Waals surface area contributed by atoms with Crippen LogP contribution in [0.4, 0.5) is 11.5 Å². The molecule has 6 nitrogen and oxygen atoms in total. The van der Waals surface area contributed by atoms with E-state index in [9.17, 15) is 4.79 Å². The van der Waals surface area contributed by atoms with E-state index in [2.05, 4.69) is 70.6 Å². The summed E-state index contributed by atoms with van der Waals surface area (Å²) in [4.78, 5) is 24.2. The maximum atomic E-state index is 13.2. The third kappa shape index (κ3) is 7.01. The van der Waals surface area contributed by atoms with Crippen molar-refractivity contribution in [3.05, 3.63) is 89.4 Å². The number of nitrogens with one attached hydrogen (secondary N) is 2. The predicted molar refractivity (Wildman–Crippen MR) is 148 cm³/mol. The molecular weight excluding hydrogens is 446 g/mol. The fourth-order valence-corrected chi connectivity index (χ4v) is 4.55. The molecule has 1 amide bonds. The van der Waals surface area contributed by atoms with Crippen LogP contribution < -0.4 is 10.6 Å². The van der Waals surface area contributed by atoms with Gasteiger partial charge in [0.1, 0.15) is 5.82 Å². The van der Waals surface area contributed by atoms with E-state index in [1.807, 2.05) is 18.2 Å². The number of hydrogen-bond acceptors (Lipinski definition) is 5. The van der Waals surface area contributed by atoms with Crippen molar-refractivity contribution in [2.75, 3.05) is 30.3 Å². The summed E-state index contributed by atoms with van der Waals surface area (Å²) >= 11 is 0. The van der Waals surface area contributed by atoms with E-state index >= 15 is 0 Å². The van der Waals surface area contributed by atoms with Gasteiger partial charge in [-0.15, -0.1) is 0 Å². The Kier molecular flexibility index (Phi) is 8.49. The van der Waals surface area contributed by atoms with Gasteiger partial charge in [-0.25, -0.2) is 4.98 Å². The molecule has 1 fully saturated rings. The third-order valence-electron chi connectivity index (χ3n) is 6.49. The molecule has 0 aliphatic carbocycles. The number of hydrogen-bond donors (Lipinski definition) is 2. The van der Waals surface area contributed by atoms with Gasteiger partial charge >= 0.3 is 0 Å². The molecule has 0 spiro atoms. The molecule has 2 aromatic heterocycles. The van der Waals surface area contributed by atoms with Gasteiger partial charge in [-0.2, -0.15) is 0 Å². The molecule has 6 heteroatoms. The lowest BCUT2D eigenvalue weighted by Gasteiger charge is -2.23. The minimum atomic E-state index is -0.187. The van der Waals surface area contributed by atoms with Gasteiger partial charge in [-0.3, -0.25) is 9.78 Å². The zero-order valence-corrected chi connectivity index (χ0v) is 21.6. The van der Waals surface area contributed by atoms with Crippen molar-refractivity contribution in [2.45, 2.75) is 52.0 Å². The second kappa shape index (κ2) is 12.0. The van der Waals surface area contributed by atoms with E-state index in [-0.39, 0.29) is 11.3 Å². The summed E-state index contributed by atoms with van der Waals surface area (Å²) in [6.07, 6.45) is 13.3. The number of rotatable bonds is 9. The highest BCUT2D eigenvalue weighted by Gasteiger charge is 2.19. The molecule has 0 radical (unpaired) electrons. The standard InChI is InChI=1S/C30H37N5O/c1-30(2,3)27-12-11-25(21-24(27)9-4-5-18-35-19-6-7-20-35)34-29(36)26-10-8-15-32-28(26)33-22-23-13-16-31-17-14-23/h4,8-17,21H,5-7,18-20,22H2,1-3H3,(H,32,33)(H,34,36)/b9-4+. The first-order valence-corrected chi connectivity index (χ1v) is 12.8. The fourth-order valence-electron chi connectivity index (χ4n) is 4.55. The molecule has 0 atom stereocenters. The molecule has 2 N–H and O–H groups in total. The number of likely N-dealkylation sites (tertiary alicyclic amines) is 1. The largest absolute Gasteiger partial charge is 0.365 e. The number of benzene rings is 1. The number of anilines is 2. The first-order chi connectivity index (χ1) is 17.4. The Bertz CT molecular complexity index is 1180. The third-order valence-corrected chi connectivity index (χ3v) is 6.49. The molecule has 1 aliphatic heterocycles. The summed E-state index contributed by atoms with van der Waals surface area (Å²) in [5, 5.41) is 6.36. The molecule has 0 saturated carbocycles. The summed E-state index contributed by atoms with van der Waals surface area (Å²) in [5.74, 6) is 0.368. The van der Waals surface area contributed by atoms with Crippen molar-refractivity contribution in [3.63, 3.8) is 0 Å². The lowest BCUT2D eigenvalue weighted by molar-refractivity contribution is 0.102. The van der Waals surface area contributed by atoms with E-state index < -0.39 is 0 Å². The van der Waals surface area contributed by atoms with E-state index in [1.165, 1.54) is 31.5 Å². The van der Waals surface area contributed by atoms with Crippen LogP contribution in [-0.2, 0) is 12.0 Å². The number of carbonyl (C=O) groups excluding carboxylic acids is 1. The lowest BCUT2D eigenvalue weighted by atomic mass is 9.83. The van der Waals surface area contributed by atoms with Crippen LogP contribution in [0.5, 0.6) is 0 Å². The summed E-state index contributed by atoms with van der Waals surface area (Å²) in [6.45, 7) is 10.8. The second-order valence-electron chi connectivity index (χ2n) is 10.4. The first kappa shape index (κ1) is 25.6. The first-order valence-electron chi connectivity index (χ1n) is 12.8. The highest BCUT2D eigenvalue weighted by atomic mass is 16.1. The molecule has 1 aromatic carbocycles. The van der Waals surface area contributed by atoms with Crippen LogP contribution in [0.3, 0.4) is 0 Å². The SMILES string of the molecule is CC(C)(C)c1ccc(NC(=O)c2cccnc2NCc2ccncc2)cc1/C=C/CCN1CCCC1. The molecular formula is C30H37N5O. The number of nitrogens with zero attached hydrogens (tertiary/aromatic N) is 3. The zero-order chi connectivity index (χ0) is 25.4. The fraction of sp³-hybridized carbons (Fsp3) is 0.367. The highest BCUT2D eigenvalue weighted by Crippen LogP contribution is 2.29. The topological polar surface area (TPSA) is 70.1 Å². The summed E-state index contributed by atoms with van der Waals surface area (Å²) in [5.41, 5.74) is 4.76. The molecule has 36 heavy (non-hydrogen) atoms. The predicted octanol–water partition coefficient (Wildman–Crippen LogP) is 6.14. The summed E-state index contributed by atoms with van der Waals surface area (Å²) in [7, 11) is 0. The van der Waals surface area contributed by atoms with Gasteiger partial charge < -0.3 is 15.5 Å². The number of carbonyl (C=O) groups is 1. The van der Waals surface area contributed by atoms with E-state index in [4.69, 9.17) is 0 Å². The minimum absolute atomic E-state index is 0.00453. The van der Waals surface area contributed by atoms with Crippen LogP contribution in [-0.4, -0.2) is 40.4 Å². The minimum Gasteiger partial charge on any atom is -0.365 e. The van der Waals surface area contributed by atoms with Gasteiger partial charge in [0.2, 0.25) is 0 Å². The van der Waals surface area contributed by atoms with E-state index in [0.29, 0.717) is 17.9 Å². The summed E-state index contributed by atoms with van der Waals surface area (Å²) in [6, 6.07) is 13.6. The van der Waals surface area contributed by atoms with Gasteiger partial charge in [0.15, 0.2) is 0 Å². The van der Waals surface area contributed by atoms with Crippen molar-refractivity contribution in [1.82, 2.24) is 14.9 Å². The van der Waals surface area contributed by atoms with Crippen molar-refractivity contribution in [3.8, 4) is 0 Å². The number of amides is 1. The Morgan fingerprint density at radius 2 is 1.83 bits per heavy atom. The normalized spacial score (nSPS) is 14.3. The smallest absolute Gasteiger partial charge is 0.259 e. The maximum absolute atomic E-state index is 13.2. The molecule has 4 rings (SSSR count). The van der Waals surface area contributed by atoms with Gasteiger partial charge in [0, 0.05) is 37.4 Å². The Balaban J connectivity index is 1.47. The van der Waals surface area contributed by atoms with Crippen molar-refractivity contribution in [2.24, 2.45) is 0 Å². The molecule has 3 heterocycles. The van der Waals surface area contributed by atoms with E-state index in [1.54, 1.807) is 30.7 Å². The molecule has 3 aromatic rings. The van der Waals surface area contributed by atoms with Crippen molar-refractivity contribution < 1.29 is 4.79 Å². The molecule has 1 saturated heterocycles. The maximum Gasteiger partial charge on any atom is 0.259 e. The molecule has 1 aliphatic rings. The van der Waals surface area contributed by atoms with Crippen LogP contribution in [0.25, 0.3) is 6.08 Å². The lowest BCUT2D eigenvalue weighted by Crippen LogP contribution is -2.19. The number of aromatic nitrogens is 2. The van der Waals surface area contributed by atoms with Crippen molar-refractivity contribution >= 4 is 23.5 Å². The molecule has 0 bridgehead atoms. The second-order valence-corrected chi connectivity index (χ2v) is 10.4. The van der Waals surface area contributed by atoms with Crippen molar-refractivity contribution in [1.29, 1.82) is 0 Å². The van der Waals surface area contributed by atoms with Crippen LogP contribution >= 0.6 is 0 Å². The van der Waals surface area contributed by atoms with Crippen LogP contribution in [0.2, 0.25) is 0 Å². The van der Waals surface area contributed by atoms with Gasteiger partial charge in [-0.1, -0.05) is 39.0 Å². The van der Waals surface area contributed by atoms with E-state index in [0.717, 1.165) is 29.8 Å². The summed E-state index contributed by atoms with van der Waals surface area (Å²) < 4.78 is 0. The molecule has 0 unspecified atom stereocenters. The van der Waals surface area contributed by atoms with Crippen LogP contribution in [0, 0.1) is 0 Å². The molecule has 188 valence electrons. The highest BCUT2D eigenvalue weighted by molar-refractivity contribution is 6.07. The van der Waals surface area contributed by atoms with Gasteiger partial charge in [0.05, 0.1) is 5.56 Å². The average Bonchev–Trinajstić information content (AvgIpc) is 3.39. The number of pyridine rings is 2. The Morgan fingerprint density at radius 1 is 1.06 bits per heavy atom. The average molecular weight is 484 g/mol. The quantitative estimate of drug-likeness (QED) is 0.383. The van der Waals surface area contributed by atoms with Crippen LogP contribution in [0.15, 0.2) is 67.1 Å².